The number of hydrogen-bond donors (Lipinski definition) is 1. The van der Waals surface area contributed by atoms with E-state index in [0.717, 1.165) is 86.8 Å². The Balaban J connectivity index is 1.02. The average molecular weight is 534 g/mol. The second kappa shape index (κ2) is 12.7. The fourth-order valence-corrected chi connectivity index (χ4v) is 5.78. The van der Waals surface area contributed by atoms with Gasteiger partial charge in [-0.15, -0.1) is 0 Å². The summed E-state index contributed by atoms with van der Waals surface area (Å²) in [4.78, 5) is 22.9. The van der Waals surface area contributed by atoms with Gasteiger partial charge in [-0.3, -0.25) is 9.88 Å². The molecule has 2 aliphatic heterocycles. The van der Waals surface area contributed by atoms with Crippen LogP contribution in [0.25, 0.3) is 11.0 Å². The van der Waals surface area contributed by atoms with Crippen LogP contribution in [-0.2, 0) is 4.74 Å². The highest BCUT2D eigenvalue weighted by Crippen LogP contribution is 2.33. The number of morpholine rings is 1. The van der Waals surface area contributed by atoms with E-state index in [1.54, 1.807) is 18.6 Å². The zero-order chi connectivity index (χ0) is 26.3. The Kier molecular flexibility index (Phi) is 8.50. The number of anilines is 2. The van der Waals surface area contributed by atoms with E-state index in [2.05, 4.69) is 47.2 Å². The van der Waals surface area contributed by atoms with E-state index in [0.29, 0.717) is 18.7 Å². The Morgan fingerprint density at radius 2 is 1.72 bits per heavy atom. The Labute approximate surface area is 230 Å². The molecule has 0 atom stereocenters. The lowest BCUT2D eigenvalue weighted by atomic mass is 9.93. The molecule has 0 spiro atoms. The van der Waals surface area contributed by atoms with Crippen molar-refractivity contribution in [3.63, 3.8) is 0 Å². The van der Waals surface area contributed by atoms with Crippen molar-refractivity contribution in [1.29, 1.82) is 0 Å². The summed E-state index contributed by atoms with van der Waals surface area (Å²) < 4.78 is 18.0. The average Bonchev–Trinajstić information content (AvgIpc) is 2.99. The maximum atomic E-state index is 6.57. The summed E-state index contributed by atoms with van der Waals surface area (Å²) in [5, 5.41) is 3.59. The van der Waals surface area contributed by atoms with Crippen molar-refractivity contribution in [2.75, 3.05) is 62.8 Å². The van der Waals surface area contributed by atoms with Crippen LogP contribution >= 0.6 is 0 Å². The first-order valence-electron chi connectivity index (χ1n) is 14.5. The highest BCUT2D eigenvalue weighted by molar-refractivity contribution is 5.85. The third-order valence-corrected chi connectivity index (χ3v) is 7.94. The maximum absolute atomic E-state index is 6.57. The molecule has 6 rings (SSSR count). The number of aromatic nitrogens is 4. The molecule has 10 heteroatoms. The molecule has 1 aromatic carbocycles. The van der Waals surface area contributed by atoms with Crippen LogP contribution < -0.4 is 19.7 Å². The number of benzene rings is 1. The van der Waals surface area contributed by atoms with E-state index >= 15 is 0 Å². The van der Waals surface area contributed by atoms with Gasteiger partial charge in [0.25, 0.3) is 0 Å². The molecular weight excluding hydrogens is 494 g/mol. The van der Waals surface area contributed by atoms with Gasteiger partial charge in [0.15, 0.2) is 0 Å². The van der Waals surface area contributed by atoms with Gasteiger partial charge < -0.3 is 24.4 Å². The third kappa shape index (κ3) is 6.86. The first kappa shape index (κ1) is 26.0. The summed E-state index contributed by atoms with van der Waals surface area (Å²) in [5.41, 5.74) is 2.81. The smallest absolute Gasteiger partial charge is 0.318 e. The lowest BCUT2D eigenvalue weighted by molar-refractivity contribution is 0.122. The number of fused-ring (bicyclic) bond motifs is 1. The van der Waals surface area contributed by atoms with E-state index in [9.17, 15) is 0 Å². The molecule has 3 fully saturated rings. The van der Waals surface area contributed by atoms with Crippen molar-refractivity contribution >= 4 is 22.5 Å². The van der Waals surface area contributed by atoms with Crippen LogP contribution in [0, 0.1) is 0 Å². The molecule has 3 aliphatic rings. The van der Waals surface area contributed by atoms with Crippen LogP contribution in [-0.4, -0.2) is 89.5 Å². The molecule has 1 aliphatic carbocycles. The molecule has 0 radical (unpaired) electrons. The summed E-state index contributed by atoms with van der Waals surface area (Å²) in [5.74, 6) is 1.64. The number of hydrogen-bond acceptors (Lipinski definition) is 10. The largest absolute Gasteiger partial charge is 0.488 e. The Hall–Kier alpha value is -3.24. The van der Waals surface area contributed by atoms with Crippen molar-refractivity contribution < 1.29 is 14.2 Å². The molecule has 0 bridgehead atoms. The minimum atomic E-state index is 0.146. The fraction of sp³-hybridized carbons (Fsp3) is 0.586. The van der Waals surface area contributed by atoms with Crippen LogP contribution in [0.1, 0.15) is 44.9 Å². The molecule has 0 amide bonds. The Morgan fingerprint density at radius 1 is 0.897 bits per heavy atom. The van der Waals surface area contributed by atoms with Gasteiger partial charge in [-0.1, -0.05) is 6.42 Å². The lowest BCUT2D eigenvalue weighted by Crippen LogP contribution is -2.36. The summed E-state index contributed by atoms with van der Waals surface area (Å²) in [6.07, 6.45) is 13.2. The number of piperidine rings is 1. The van der Waals surface area contributed by atoms with Crippen molar-refractivity contribution in [2.45, 2.75) is 57.1 Å². The van der Waals surface area contributed by atoms with Crippen molar-refractivity contribution in [3.05, 3.63) is 36.8 Å². The second-order valence-electron chi connectivity index (χ2n) is 10.7. The van der Waals surface area contributed by atoms with Crippen LogP contribution in [0.2, 0.25) is 0 Å². The number of likely N-dealkylation sites (tertiary alicyclic amines) is 1. The van der Waals surface area contributed by atoms with Crippen LogP contribution in [0.5, 0.6) is 11.8 Å². The molecule has 208 valence electrons. The summed E-state index contributed by atoms with van der Waals surface area (Å²) >= 11 is 0. The zero-order valence-corrected chi connectivity index (χ0v) is 22.6. The van der Waals surface area contributed by atoms with Gasteiger partial charge in [0.1, 0.15) is 23.7 Å². The predicted molar refractivity (Wildman–Crippen MR) is 151 cm³/mol. The maximum Gasteiger partial charge on any atom is 0.318 e. The van der Waals surface area contributed by atoms with Crippen LogP contribution in [0.3, 0.4) is 0 Å². The minimum Gasteiger partial charge on any atom is -0.488 e. The van der Waals surface area contributed by atoms with Crippen LogP contribution in [0.15, 0.2) is 36.8 Å². The van der Waals surface area contributed by atoms with Crippen molar-refractivity contribution in [3.8, 4) is 11.8 Å². The normalized spacial score (nSPS) is 22.5. The topological polar surface area (TPSA) is 97.8 Å². The second-order valence-corrected chi connectivity index (χ2v) is 10.7. The first-order chi connectivity index (χ1) is 19.3. The van der Waals surface area contributed by atoms with Gasteiger partial charge in [0.2, 0.25) is 0 Å². The van der Waals surface area contributed by atoms with E-state index in [1.807, 2.05) is 6.07 Å². The molecule has 3 aromatic rings. The number of ether oxygens (including phenoxy) is 3. The Morgan fingerprint density at radius 3 is 2.56 bits per heavy atom. The molecule has 2 saturated heterocycles. The summed E-state index contributed by atoms with van der Waals surface area (Å²) in [6.45, 7) is 7.11. The molecule has 1 N–H and O–H groups in total. The SMILES string of the molecule is c1cc(NC2CCC(Oc3cc(N4CCOCC4)cc4nccnc34)CC2)nc(OCCN2CCCCC2)n1. The molecule has 0 unspecified atom stereocenters. The summed E-state index contributed by atoms with van der Waals surface area (Å²) in [7, 11) is 0. The van der Waals surface area contributed by atoms with Crippen LogP contribution in [0.4, 0.5) is 11.5 Å². The zero-order valence-electron chi connectivity index (χ0n) is 22.6. The number of nitrogens with one attached hydrogen (secondary N) is 1. The number of nitrogens with zero attached hydrogens (tertiary/aromatic N) is 6. The van der Waals surface area contributed by atoms with E-state index in [-0.39, 0.29) is 6.10 Å². The Bertz CT molecular complexity index is 1210. The monoisotopic (exact) mass is 533 g/mol. The van der Waals surface area contributed by atoms with E-state index in [4.69, 9.17) is 14.2 Å². The van der Waals surface area contributed by atoms with E-state index in [1.165, 1.54) is 32.4 Å². The predicted octanol–water partition coefficient (Wildman–Crippen LogP) is 3.92. The molecule has 10 nitrogen and oxygen atoms in total. The highest BCUT2D eigenvalue weighted by Gasteiger charge is 2.24. The highest BCUT2D eigenvalue weighted by atomic mass is 16.5. The lowest BCUT2D eigenvalue weighted by Gasteiger charge is -2.31. The first-order valence-corrected chi connectivity index (χ1v) is 14.5. The van der Waals surface area contributed by atoms with Gasteiger partial charge in [0, 0.05) is 56.0 Å². The number of rotatable bonds is 9. The standard InChI is InChI=1S/C29H39N7O3/c1-2-12-35(13-3-1)14-19-38-29-32-9-8-27(34-29)33-22-4-6-24(7-5-22)39-26-21-23(36-15-17-37-18-16-36)20-25-28(26)31-11-10-30-25/h8-11,20-22,24H,1-7,12-19H2,(H,32,33,34). The van der Waals surface area contributed by atoms with E-state index < -0.39 is 0 Å². The fourth-order valence-electron chi connectivity index (χ4n) is 5.78. The van der Waals surface area contributed by atoms with Gasteiger partial charge in [0.05, 0.1) is 24.8 Å². The van der Waals surface area contributed by atoms with Gasteiger partial charge in [-0.2, -0.15) is 4.98 Å². The minimum absolute atomic E-state index is 0.146. The van der Waals surface area contributed by atoms with Gasteiger partial charge in [-0.05, 0) is 63.7 Å². The third-order valence-electron chi connectivity index (χ3n) is 7.94. The molecular formula is C29H39N7O3. The summed E-state index contributed by atoms with van der Waals surface area (Å²) in [6, 6.07) is 6.94. The quantitative estimate of drug-likeness (QED) is 0.436. The van der Waals surface area contributed by atoms with Crippen molar-refractivity contribution in [2.24, 2.45) is 0 Å². The molecule has 2 aromatic heterocycles. The molecule has 4 heterocycles. The van der Waals surface area contributed by atoms with Crippen molar-refractivity contribution in [1.82, 2.24) is 24.8 Å². The van der Waals surface area contributed by atoms with Gasteiger partial charge in [-0.25, -0.2) is 9.97 Å². The molecule has 39 heavy (non-hydrogen) atoms. The molecule has 1 saturated carbocycles. The van der Waals surface area contributed by atoms with Gasteiger partial charge >= 0.3 is 6.01 Å².